The maximum atomic E-state index is 6.20. The van der Waals surface area contributed by atoms with Crippen LogP contribution in [0.25, 0.3) is 27.8 Å². The first-order valence-corrected chi connectivity index (χ1v) is 8.33. The number of nitrogens with zero attached hydrogens (tertiary/aromatic N) is 2. The van der Waals surface area contributed by atoms with Crippen molar-refractivity contribution in [1.29, 1.82) is 0 Å². The Morgan fingerprint density at radius 2 is 1.23 bits per heavy atom. The van der Waals surface area contributed by atoms with E-state index in [2.05, 4.69) is 23.6 Å². The van der Waals surface area contributed by atoms with Crippen molar-refractivity contribution < 1.29 is 17.0 Å². The van der Waals surface area contributed by atoms with E-state index in [1.807, 2.05) is 50.2 Å². The molecule has 0 unspecified atom stereocenters. The molecule has 0 radical (unpaired) electrons. The van der Waals surface area contributed by atoms with Gasteiger partial charge in [-0.25, -0.2) is 4.98 Å². The highest BCUT2D eigenvalue weighted by Crippen LogP contribution is 2.25. The van der Waals surface area contributed by atoms with E-state index < -0.39 is 0 Å². The molecule has 0 atom stereocenters. The van der Waals surface area contributed by atoms with Gasteiger partial charge in [0.05, 0.1) is 0 Å². The minimum absolute atomic E-state index is 0. The molecule has 0 saturated heterocycles. The predicted octanol–water partition coefficient (Wildman–Crippen LogP) is 0.758. The minimum Gasteiger partial charge on any atom is -1.00 e. The van der Waals surface area contributed by atoms with Gasteiger partial charge in [-0.15, -0.1) is 4.57 Å². The second-order valence-electron chi connectivity index (χ2n) is 6.63. The molecule has 0 aliphatic carbocycles. The van der Waals surface area contributed by atoms with Crippen LogP contribution in [0.5, 0.6) is 0 Å². The highest BCUT2D eigenvalue weighted by Gasteiger charge is 2.22. The predicted molar refractivity (Wildman–Crippen MR) is 104 cm³/mol. The third kappa shape index (κ3) is 2.72. The zero-order valence-corrected chi connectivity index (χ0v) is 15.8. The van der Waals surface area contributed by atoms with Crippen LogP contribution in [-0.4, -0.2) is 4.98 Å². The number of fused-ring (bicyclic) bond motifs is 2. The Morgan fingerprint density at radius 3 is 1.73 bits per heavy atom. The Balaban J connectivity index is 0.00000196. The number of benzene rings is 3. The number of halogens is 1. The summed E-state index contributed by atoms with van der Waals surface area (Å²) in [5, 5.41) is 0. The van der Waals surface area contributed by atoms with Gasteiger partial charge in [-0.2, -0.15) is 0 Å². The number of aryl methyl sites for hydroxylation is 3. The molecule has 5 heteroatoms. The van der Waals surface area contributed by atoms with Crippen LogP contribution in [0.2, 0.25) is 0 Å². The van der Waals surface area contributed by atoms with Crippen molar-refractivity contribution >= 4 is 33.4 Å². The number of hydrogen-bond donors (Lipinski definition) is 2. The average molecular weight is 365 g/mol. The van der Waals surface area contributed by atoms with E-state index in [0.717, 1.165) is 50.3 Å². The summed E-state index contributed by atoms with van der Waals surface area (Å²) >= 11 is 0. The van der Waals surface area contributed by atoms with Crippen molar-refractivity contribution in [2.45, 2.75) is 20.8 Å². The first-order chi connectivity index (χ1) is 12.0. The lowest BCUT2D eigenvalue weighted by molar-refractivity contribution is -0.538. The fourth-order valence-electron chi connectivity index (χ4n) is 3.27. The highest BCUT2D eigenvalue weighted by molar-refractivity contribution is 5.87. The van der Waals surface area contributed by atoms with Gasteiger partial charge in [-0.3, -0.25) is 0 Å². The third-order valence-electron chi connectivity index (χ3n) is 4.81. The summed E-state index contributed by atoms with van der Waals surface area (Å²) in [4.78, 5) is 4.87. The fraction of sp³-hybridized carbons (Fsp3) is 0.143. The number of para-hydroxylation sites is 1. The largest absolute Gasteiger partial charge is 1.00 e. The lowest BCUT2D eigenvalue weighted by Gasteiger charge is -2.10. The number of anilines is 2. The van der Waals surface area contributed by atoms with Crippen molar-refractivity contribution in [2.24, 2.45) is 0 Å². The molecule has 0 bridgehead atoms. The van der Waals surface area contributed by atoms with Crippen molar-refractivity contribution in [3.8, 4) is 5.69 Å². The zero-order valence-electron chi connectivity index (χ0n) is 15.0. The Kier molecular flexibility index (Phi) is 4.46. The van der Waals surface area contributed by atoms with Crippen molar-refractivity contribution in [3.05, 3.63) is 65.2 Å². The van der Waals surface area contributed by atoms with Gasteiger partial charge in [-0.05, 0) is 44.0 Å². The van der Waals surface area contributed by atoms with Gasteiger partial charge in [-0.1, -0.05) is 18.2 Å². The molecule has 4 nitrogen and oxygen atoms in total. The summed E-state index contributed by atoms with van der Waals surface area (Å²) in [6.07, 6.45) is 0. The molecule has 0 fully saturated rings. The van der Waals surface area contributed by atoms with E-state index >= 15 is 0 Å². The monoisotopic (exact) mass is 364 g/mol. The molecule has 0 aliphatic rings. The van der Waals surface area contributed by atoms with Crippen LogP contribution in [0.4, 0.5) is 11.4 Å². The summed E-state index contributed by atoms with van der Waals surface area (Å²) in [5.41, 5.74) is 22.1. The molecule has 3 aromatic carbocycles. The first-order valence-electron chi connectivity index (χ1n) is 8.33. The summed E-state index contributed by atoms with van der Waals surface area (Å²) in [7, 11) is 0. The average Bonchev–Trinajstić information content (AvgIpc) is 2.57. The Labute approximate surface area is 158 Å². The standard InChI is InChI=1S/C21H20N4.ClH/c1-12-6-4-5-7-19(12)25-20-10-15(22)13(2)8-17(20)24-18-9-14(3)16(23)11-21(18)25;/h4-11H,1-3H3,(H3,22,23);1H. The smallest absolute Gasteiger partial charge is 0.239 e. The molecule has 4 rings (SSSR count). The minimum atomic E-state index is 0. The molecular formula is C21H21ClN4. The number of hydrogen-bond acceptors (Lipinski definition) is 3. The van der Waals surface area contributed by atoms with Gasteiger partial charge in [0.25, 0.3) is 0 Å². The van der Waals surface area contributed by atoms with Crippen LogP contribution in [0.3, 0.4) is 0 Å². The topological polar surface area (TPSA) is 68.8 Å². The van der Waals surface area contributed by atoms with Crippen LogP contribution in [0.1, 0.15) is 16.7 Å². The van der Waals surface area contributed by atoms with E-state index in [0.29, 0.717) is 0 Å². The summed E-state index contributed by atoms with van der Waals surface area (Å²) in [5.74, 6) is 0. The molecule has 4 N–H and O–H groups in total. The van der Waals surface area contributed by atoms with Crippen molar-refractivity contribution in [3.63, 3.8) is 0 Å². The summed E-state index contributed by atoms with van der Waals surface area (Å²) < 4.78 is 2.21. The number of nitrogen functional groups attached to an aromatic ring is 2. The second-order valence-corrected chi connectivity index (χ2v) is 6.63. The maximum Gasteiger partial charge on any atom is 0.239 e. The molecule has 1 aromatic heterocycles. The van der Waals surface area contributed by atoms with Crippen LogP contribution in [-0.2, 0) is 0 Å². The van der Waals surface area contributed by atoms with Gasteiger partial charge in [0.2, 0.25) is 16.7 Å². The van der Waals surface area contributed by atoms with E-state index in [1.165, 1.54) is 5.56 Å². The third-order valence-corrected chi connectivity index (χ3v) is 4.81. The normalized spacial score (nSPS) is 10.9. The molecule has 1 heterocycles. The SMILES string of the molecule is Cc1cc2nc3cc(C)c(N)cc3[n+](-c3ccccc3C)c2cc1N.[Cl-]. The van der Waals surface area contributed by atoms with Crippen LogP contribution in [0, 0.1) is 20.8 Å². The molecular weight excluding hydrogens is 344 g/mol. The van der Waals surface area contributed by atoms with E-state index in [4.69, 9.17) is 16.5 Å². The summed E-state index contributed by atoms with van der Waals surface area (Å²) in [6, 6.07) is 16.4. The lowest BCUT2D eigenvalue weighted by atomic mass is 10.1. The summed E-state index contributed by atoms with van der Waals surface area (Å²) in [6.45, 7) is 6.12. The Morgan fingerprint density at radius 1 is 0.731 bits per heavy atom. The first kappa shape index (κ1) is 18.0. The quantitative estimate of drug-likeness (QED) is 0.297. The molecule has 0 saturated carbocycles. The number of rotatable bonds is 1. The van der Waals surface area contributed by atoms with Crippen molar-refractivity contribution in [2.75, 3.05) is 11.5 Å². The molecule has 0 spiro atoms. The molecule has 0 amide bonds. The van der Waals surface area contributed by atoms with E-state index in [1.54, 1.807) is 0 Å². The fourth-order valence-corrected chi connectivity index (χ4v) is 3.27. The lowest BCUT2D eigenvalue weighted by Crippen LogP contribution is -3.00. The van der Waals surface area contributed by atoms with E-state index in [-0.39, 0.29) is 12.4 Å². The van der Waals surface area contributed by atoms with Crippen molar-refractivity contribution in [1.82, 2.24) is 4.98 Å². The van der Waals surface area contributed by atoms with Gasteiger partial charge >= 0.3 is 0 Å². The number of nitrogens with two attached hydrogens (primary N) is 2. The van der Waals surface area contributed by atoms with Gasteiger partial charge in [0, 0.05) is 35.1 Å². The van der Waals surface area contributed by atoms with Gasteiger partial charge in [0.15, 0.2) is 0 Å². The van der Waals surface area contributed by atoms with Crippen LogP contribution in [0.15, 0.2) is 48.5 Å². The Bertz CT molecular complexity index is 1090. The zero-order chi connectivity index (χ0) is 17.7. The molecule has 26 heavy (non-hydrogen) atoms. The van der Waals surface area contributed by atoms with Gasteiger partial charge < -0.3 is 23.9 Å². The van der Waals surface area contributed by atoms with Crippen LogP contribution < -0.4 is 28.4 Å². The van der Waals surface area contributed by atoms with Crippen LogP contribution >= 0.6 is 0 Å². The highest BCUT2D eigenvalue weighted by atomic mass is 35.5. The van der Waals surface area contributed by atoms with Gasteiger partial charge in [0.1, 0.15) is 11.0 Å². The molecule has 4 aromatic rings. The second kappa shape index (κ2) is 6.46. The molecule has 132 valence electrons. The number of aromatic nitrogens is 2. The maximum absolute atomic E-state index is 6.20. The molecule has 0 aliphatic heterocycles. The van der Waals surface area contributed by atoms with E-state index in [9.17, 15) is 0 Å². The Hall–Kier alpha value is -2.85.